The van der Waals surface area contributed by atoms with E-state index in [9.17, 15) is 9.59 Å². The van der Waals surface area contributed by atoms with Crippen LogP contribution in [0.2, 0.25) is 0 Å². The molecule has 3 nitrogen and oxygen atoms in total. The van der Waals surface area contributed by atoms with Crippen LogP contribution in [-0.4, -0.2) is 25.2 Å². The molecule has 1 atom stereocenters. The summed E-state index contributed by atoms with van der Waals surface area (Å²) in [7, 11) is 1.73. The van der Waals surface area contributed by atoms with E-state index >= 15 is 0 Å². The molecule has 0 aliphatic heterocycles. The molecule has 0 aromatic heterocycles. The molecule has 0 saturated carbocycles. The smallest absolute Gasteiger partial charge is 0.147 e. The Morgan fingerprint density at radius 2 is 2.08 bits per heavy atom. The van der Waals surface area contributed by atoms with Crippen molar-refractivity contribution in [2.75, 3.05) is 7.05 Å². The Bertz CT molecular complexity index is 175. The Hall–Kier alpha value is -0.700. The van der Waals surface area contributed by atoms with Gasteiger partial charge in [0.2, 0.25) is 0 Å². The fourth-order valence-corrected chi connectivity index (χ4v) is 1.48. The average molecular weight is 171 g/mol. The number of carbonyl (C=O) groups excluding carboxylic acids is 2. The lowest BCUT2D eigenvalue weighted by molar-refractivity contribution is -0.122. The van der Waals surface area contributed by atoms with Gasteiger partial charge in [-0.1, -0.05) is 13.8 Å². The van der Waals surface area contributed by atoms with Crippen molar-refractivity contribution in [2.24, 2.45) is 5.41 Å². The van der Waals surface area contributed by atoms with Crippen molar-refractivity contribution in [1.29, 1.82) is 0 Å². The van der Waals surface area contributed by atoms with Gasteiger partial charge in [0.05, 0.1) is 6.04 Å². The first-order valence-corrected chi connectivity index (χ1v) is 4.07. The quantitative estimate of drug-likeness (QED) is 0.622. The molecule has 0 radical (unpaired) electrons. The van der Waals surface area contributed by atoms with Crippen LogP contribution < -0.4 is 5.32 Å². The van der Waals surface area contributed by atoms with E-state index in [2.05, 4.69) is 5.32 Å². The third kappa shape index (κ3) is 2.74. The molecule has 70 valence electrons. The van der Waals surface area contributed by atoms with Gasteiger partial charge in [-0.25, -0.2) is 0 Å². The summed E-state index contributed by atoms with van der Waals surface area (Å²) in [6, 6.07) is -0.234. The van der Waals surface area contributed by atoms with E-state index in [0.717, 1.165) is 6.29 Å². The van der Waals surface area contributed by atoms with Crippen molar-refractivity contribution in [2.45, 2.75) is 33.2 Å². The monoisotopic (exact) mass is 171 g/mol. The molecule has 0 aliphatic carbocycles. The number of Topliss-reactive ketones (excluding diaryl/α,β-unsaturated/α-hetero) is 1. The van der Waals surface area contributed by atoms with Crippen LogP contribution in [0.25, 0.3) is 0 Å². The van der Waals surface area contributed by atoms with Gasteiger partial charge in [0.15, 0.2) is 0 Å². The number of carbonyl (C=O) groups is 2. The first-order chi connectivity index (χ1) is 5.45. The van der Waals surface area contributed by atoms with Gasteiger partial charge in [-0.15, -0.1) is 0 Å². The fraction of sp³-hybridized carbons (Fsp3) is 0.778. The maximum absolute atomic E-state index is 11.1. The first-order valence-electron chi connectivity index (χ1n) is 4.07. The Morgan fingerprint density at radius 1 is 1.58 bits per heavy atom. The maximum Gasteiger partial charge on any atom is 0.147 e. The molecule has 1 N–H and O–H groups in total. The third-order valence-corrected chi connectivity index (χ3v) is 2.09. The Morgan fingerprint density at radius 3 is 2.33 bits per heavy atom. The zero-order valence-corrected chi connectivity index (χ0v) is 8.18. The normalized spacial score (nSPS) is 14.0. The molecule has 0 saturated heterocycles. The van der Waals surface area contributed by atoms with Crippen molar-refractivity contribution in [3.63, 3.8) is 0 Å². The molecular weight excluding hydrogens is 154 g/mol. The lowest BCUT2D eigenvalue weighted by Crippen LogP contribution is -2.45. The molecule has 0 unspecified atom stereocenters. The second-order valence-corrected chi connectivity index (χ2v) is 3.69. The minimum absolute atomic E-state index is 0.0735. The minimum Gasteiger partial charge on any atom is -0.310 e. The van der Waals surface area contributed by atoms with Gasteiger partial charge >= 0.3 is 0 Å². The van der Waals surface area contributed by atoms with E-state index in [-0.39, 0.29) is 17.2 Å². The molecule has 0 heterocycles. The lowest BCUT2D eigenvalue weighted by atomic mass is 9.80. The summed E-state index contributed by atoms with van der Waals surface area (Å²) in [5.74, 6) is 0.0735. The van der Waals surface area contributed by atoms with Gasteiger partial charge in [0.25, 0.3) is 0 Å². The van der Waals surface area contributed by atoms with Crippen LogP contribution in [0, 0.1) is 5.41 Å². The standard InChI is InChI=1S/C9H17NO2/c1-7(12)8(10-4)9(2,3)5-6-11/h6,8,10H,5H2,1-4H3/t8-/m0/s1. The van der Waals surface area contributed by atoms with E-state index in [1.165, 1.54) is 6.92 Å². The maximum atomic E-state index is 11.1. The van der Waals surface area contributed by atoms with Crippen LogP contribution in [0.5, 0.6) is 0 Å². The number of likely N-dealkylation sites (N-methyl/N-ethyl adjacent to an activating group) is 1. The zero-order chi connectivity index (χ0) is 9.78. The minimum atomic E-state index is -0.289. The molecule has 0 amide bonds. The van der Waals surface area contributed by atoms with Crippen LogP contribution in [-0.2, 0) is 9.59 Å². The van der Waals surface area contributed by atoms with Crippen molar-refractivity contribution in [3.8, 4) is 0 Å². The zero-order valence-electron chi connectivity index (χ0n) is 8.18. The average Bonchev–Trinajstić information content (AvgIpc) is 1.86. The van der Waals surface area contributed by atoms with Gasteiger partial charge in [0.1, 0.15) is 12.1 Å². The van der Waals surface area contributed by atoms with Crippen LogP contribution in [0.15, 0.2) is 0 Å². The van der Waals surface area contributed by atoms with Gasteiger partial charge in [0, 0.05) is 6.42 Å². The molecular formula is C9H17NO2. The SMILES string of the molecule is CN[C@@H](C(C)=O)C(C)(C)CC=O. The highest BCUT2D eigenvalue weighted by Crippen LogP contribution is 2.24. The predicted molar refractivity (Wildman–Crippen MR) is 48.0 cm³/mol. The van der Waals surface area contributed by atoms with Crippen molar-refractivity contribution < 1.29 is 9.59 Å². The Kier molecular flexibility index (Phi) is 4.10. The lowest BCUT2D eigenvalue weighted by Gasteiger charge is -2.30. The van der Waals surface area contributed by atoms with E-state index in [4.69, 9.17) is 0 Å². The topological polar surface area (TPSA) is 46.2 Å². The van der Waals surface area contributed by atoms with Crippen LogP contribution >= 0.6 is 0 Å². The highest BCUT2D eigenvalue weighted by atomic mass is 16.1. The molecule has 3 heteroatoms. The van der Waals surface area contributed by atoms with Gasteiger partial charge in [-0.2, -0.15) is 0 Å². The van der Waals surface area contributed by atoms with Gasteiger partial charge < -0.3 is 10.1 Å². The van der Waals surface area contributed by atoms with Crippen molar-refractivity contribution in [1.82, 2.24) is 5.32 Å². The highest BCUT2D eigenvalue weighted by Gasteiger charge is 2.30. The summed E-state index contributed by atoms with van der Waals surface area (Å²) in [6.45, 7) is 5.35. The highest BCUT2D eigenvalue weighted by molar-refractivity contribution is 5.82. The Balaban J connectivity index is 4.46. The van der Waals surface area contributed by atoms with E-state index < -0.39 is 0 Å². The molecule has 0 bridgehead atoms. The number of rotatable bonds is 5. The van der Waals surface area contributed by atoms with Crippen LogP contribution in [0.3, 0.4) is 0 Å². The van der Waals surface area contributed by atoms with E-state index in [0.29, 0.717) is 6.42 Å². The van der Waals surface area contributed by atoms with Crippen LogP contribution in [0.4, 0.5) is 0 Å². The van der Waals surface area contributed by atoms with E-state index in [1.807, 2.05) is 13.8 Å². The van der Waals surface area contributed by atoms with Crippen molar-refractivity contribution >= 4 is 12.1 Å². The summed E-state index contributed by atoms with van der Waals surface area (Å²) >= 11 is 0. The molecule has 0 aromatic carbocycles. The second-order valence-electron chi connectivity index (χ2n) is 3.69. The summed E-state index contributed by atoms with van der Waals surface area (Å²) in [4.78, 5) is 21.4. The fourth-order valence-electron chi connectivity index (χ4n) is 1.48. The summed E-state index contributed by atoms with van der Waals surface area (Å²) < 4.78 is 0. The molecule has 0 rings (SSSR count). The molecule has 0 aromatic rings. The van der Waals surface area contributed by atoms with Gasteiger partial charge in [-0.05, 0) is 19.4 Å². The third-order valence-electron chi connectivity index (χ3n) is 2.09. The molecule has 0 fully saturated rings. The van der Waals surface area contributed by atoms with Gasteiger partial charge in [-0.3, -0.25) is 4.79 Å². The van der Waals surface area contributed by atoms with Crippen molar-refractivity contribution in [3.05, 3.63) is 0 Å². The Labute approximate surface area is 73.5 Å². The number of hydrogen-bond donors (Lipinski definition) is 1. The predicted octanol–water partition coefficient (Wildman–Crippen LogP) is 0.779. The van der Waals surface area contributed by atoms with E-state index in [1.54, 1.807) is 7.05 Å². The summed E-state index contributed by atoms with van der Waals surface area (Å²) in [6.07, 6.45) is 1.26. The molecule has 0 aliphatic rings. The van der Waals surface area contributed by atoms with Crippen LogP contribution in [0.1, 0.15) is 27.2 Å². The summed E-state index contributed by atoms with van der Waals surface area (Å²) in [5.41, 5.74) is -0.289. The first kappa shape index (κ1) is 11.3. The number of ketones is 1. The number of aldehydes is 1. The summed E-state index contributed by atoms with van der Waals surface area (Å²) in [5, 5.41) is 2.92. The number of nitrogens with one attached hydrogen (secondary N) is 1. The molecule has 0 spiro atoms. The number of hydrogen-bond acceptors (Lipinski definition) is 3. The molecule has 12 heavy (non-hydrogen) atoms. The second kappa shape index (κ2) is 4.36. The largest absolute Gasteiger partial charge is 0.310 e.